The van der Waals surface area contributed by atoms with Crippen LogP contribution in [0.25, 0.3) is 38.8 Å². The van der Waals surface area contributed by atoms with E-state index in [0.717, 1.165) is 61.3 Å². The zero-order chi connectivity index (χ0) is 32.4. The zero-order valence-corrected chi connectivity index (χ0v) is 27.9. The molecule has 0 spiro atoms. The van der Waals surface area contributed by atoms with Crippen LogP contribution in [0.15, 0.2) is 49.0 Å². The average Bonchev–Trinajstić information content (AvgIpc) is 3.61. The molecule has 8 bridgehead atoms. The predicted molar refractivity (Wildman–Crippen MR) is 185 cm³/mol. The number of fused-ring (bicyclic) bond motifs is 8. The standard InChI is InChI=1S/C39H42N4O2/c1-11-45-38(44)35-36-26(8)25(7)32(42-36)17-31-22(4)21(3)29(40-31)16-30-23(5)24(6)33(41-30)18-34-39(10,27(9)37(35)43-34)19-28-14-12-20(2)13-15-28/h12-18,40-41H,9,11,19H2,1-8,10H3. The Hall–Kier alpha value is -4.71. The molecule has 0 aliphatic carbocycles. The molecule has 3 aromatic heterocycles. The molecule has 4 aromatic rings. The first-order chi connectivity index (χ1) is 21.3. The van der Waals surface area contributed by atoms with Crippen molar-refractivity contribution in [3.8, 4) is 0 Å². The van der Waals surface area contributed by atoms with Gasteiger partial charge in [-0.15, -0.1) is 0 Å². The van der Waals surface area contributed by atoms with Crippen molar-refractivity contribution in [2.75, 3.05) is 6.61 Å². The lowest BCUT2D eigenvalue weighted by Crippen LogP contribution is -2.23. The highest BCUT2D eigenvalue weighted by molar-refractivity contribution is 6.04. The van der Waals surface area contributed by atoms with Crippen LogP contribution in [0, 0.1) is 34.6 Å². The number of nitrogens with zero attached hydrogens (tertiary/aromatic N) is 2. The van der Waals surface area contributed by atoms with Crippen LogP contribution in [0.2, 0.25) is 0 Å². The molecule has 5 heterocycles. The maximum atomic E-state index is 13.9. The summed E-state index contributed by atoms with van der Waals surface area (Å²) in [7, 11) is 0. The highest BCUT2D eigenvalue weighted by Crippen LogP contribution is 2.46. The Balaban J connectivity index is 1.79. The highest BCUT2D eigenvalue weighted by Gasteiger charge is 2.41. The molecule has 6 nitrogen and oxygen atoms in total. The third-order valence-corrected chi connectivity index (χ3v) is 10.0. The Morgan fingerprint density at radius 1 is 0.778 bits per heavy atom. The van der Waals surface area contributed by atoms with E-state index in [-0.39, 0.29) is 6.61 Å². The third-order valence-electron chi connectivity index (χ3n) is 10.0. The molecule has 0 saturated carbocycles. The number of nitrogens with one attached hydrogen (secondary N) is 2. The first-order valence-corrected chi connectivity index (χ1v) is 15.7. The van der Waals surface area contributed by atoms with Gasteiger partial charge in [-0.2, -0.15) is 0 Å². The van der Waals surface area contributed by atoms with Crippen LogP contribution in [0.1, 0.15) is 94.2 Å². The van der Waals surface area contributed by atoms with E-state index in [9.17, 15) is 4.79 Å². The van der Waals surface area contributed by atoms with Crippen LogP contribution in [-0.2, 0) is 16.6 Å². The number of esters is 1. The van der Waals surface area contributed by atoms with Crippen molar-refractivity contribution in [1.29, 1.82) is 0 Å². The summed E-state index contributed by atoms with van der Waals surface area (Å²) in [4.78, 5) is 31.5. The minimum atomic E-state index is -0.586. The van der Waals surface area contributed by atoms with Crippen molar-refractivity contribution in [1.82, 2.24) is 19.9 Å². The maximum Gasteiger partial charge on any atom is 0.342 e. The van der Waals surface area contributed by atoms with Gasteiger partial charge in [0, 0.05) is 27.5 Å². The SMILES string of the molecule is C=C1c2nc(cc3[nH]c(cc4[nH]c(cc5nc(c2C(=O)OCC)C(C)=C5C)c(C)c4C)c(C)c3C)C1(C)Cc1ccc(C)cc1. The minimum absolute atomic E-state index is 0.243. The lowest BCUT2D eigenvalue weighted by Gasteiger charge is -2.26. The van der Waals surface area contributed by atoms with Crippen molar-refractivity contribution < 1.29 is 9.53 Å². The molecule has 230 valence electrons. The summed E-state index contributed by atoms with van der Waals surface area (Å²) in [6, 6.07) is 15.0. The largest absolute Gasteiger partial charge is 0.462 e. The fourth-order valence-corrected chi connectivity index (χ4v) is 6.46. The minimum Gasteiger partial charge on any atom is -0.462 e. The summed E-state index contributed by atoms with van der Waals surface area (Å²) >= 11 is 0. The number of carbonyl (C=O) groups excluding carboxylic acids is 1. The average molecular weight is 599 g/mol. The zero-order valence-electron chi connectivity index (χ0n) is 27.9. The fourth-order valence-electron chi connectivity index (χ4n) is 6.46. The van der Waals surface area contributed by atoms with Gasteiger partial charge in [0.05, 0.1) is 29.4 Å². The molecule has 0 saturated heterocycles. The first-order valence-electron chi connectivity index (χ1n) is 15.7. The molecule has 0 radical (unpaired) electrons. The van der Waals surface area contributed by atoms with Crippen LogP contribution in [0.3, 0.4) is 0 Å². The summed E-state index contributed by atoms with van der Waals surface area (Å²) in [5.74, 6) is -0.442. The maximum absolute atomic E-state index is 13.9. The quantitative estimate of drug-likeness (QED) is 0.229. The van der Waals surface area contributed by atoms with Crippen LogP contribution >= 0.6 is 0 Å². The van der Waals surface area contributed by atoms with Gasteiger partial charge in [0.1, 0.15) is 5.56 Å². The third kappa shape index (κ3) is 4.93. The molecule has 0 fully saturated rings. The van der Waals surface area contributed by atoms with Crippen molar-refractivity contribution in [3.63, 3.8) is 0 Å². The molecule has 2 aliphatic rings. The van der Waals surface area contributed by atoms with E-state index in [1.54, 1.807) is 0 Å². The fraction of sp³-hybridized carbons (Fsp3) is 0.308. The number of ether oxygens (including phenoxy) is 1. The number of rotatable bonds is 4. The summed E-state index contributed by atoms with van der Waals surface area (Å²) < 4.78 is 5.68. The second-order valence-corrected chi connectivity index (χ2v) is 12.8. The van der Waals surface area contributed by atoms with Gasteiger partial charge < -0.3 is 14.7 Å². The number of H-pyrrole nitrogens is 2. The molecule has 45 heavy (non-hydrogen) atoms. The summed E-state index contributed by atoms with van der Waals surface area (Å²) in [5, 5.41) is 0. The molecule has 2 aliphatic heterocycles. The highest BCUT2D eigenvalue weighted by atomic mass is 16.5. The molecular formula is C39H42N4O2. The summed E-state index contributed by atoms with van der Waals surface area (Å²) in [6.07, 6.45) is 0.674. The number of aromatic amines is 2. The number of benzene rings is 1. The molecule has 6 rings (SSSR count). The van der Waals surface area contributed by atoms with Gasteiger partial charge in [0.15, 0.2) is 0 Å². The van der Waals surface area contributed by atoms with Crippen LogP contribution in [-0.4, -0.2) is 32.5 Å². The van der Waals surface area contributed by atoms with Gasteiger partial charge in [0.2, 0.25) is 0 Å². The van der Waals surface area contributed by atoms with Gasteiger partial charge in [0.25, 0.3) is 0 Å². The number of hydrogen-bond acceptors (Lipinski definition) is 4. The molecule has 6 heteroatoms. The van der Waals surface area contributed by atoms with Gasteiger partial charge >= 0.3 is 5.97 Å². The second kappa shape index (κ2) is 11.0. The van der Waals surface area contributed by atoms with Gasteiger partial charge in [-0.25, -0.2) is 9.78 Å². The molecule has 1 aromatic carbocycles. The van der Waals surface area contributed by atoms with Gasteiger partial charge in [-0.1, -0.05) is 36.4 Å². The Bertz CT molecular complexity index is 2110. The Morgan fingerprint density at radius 2 is 1.33 bits per heavy atom. The van der Waals surface area contributed by atoms with Crippen LogP contribution in [0.5, 0.6) is 0 Å². The molecule has 1 unspecified atom stereocenters. The Morgan fingerprint density at radius 3 is 1.91 bits per heavy atom. The summed E-state index contributed by atoms with van der Waals surface area (Å²) in [6.45, 7) is 23.6. The number of hydrogen-bond donors (Lipinski definition) is 2. The molecule has 2 N–H and O–H groups in total. The van der Waals surface area contributed by atoms with E-state index in [2.05, 4.69) is 107 Å². The summed E-state index contributed by atoms with van der Waals surface area (Å²) in [5.41, 5.74) is 16.4. The molecule has 0 amide bonds. The number of aromatic nitrogens is 4. The van der Waals surface area contributed by atoms with Crippen LogP contribution < -0.4 is 0 Å². The van der Waals surface area contributed by atoms with Gasteiger partial charge in [-0.05, 0) is 131 Å². The van der Waals surface area contributed by atoms with E-state index in [4.69, 9.17) is 14.7 Å². The monoisotopic (exact) mass is 598 g/mol. The van der Waals surface area contributed by atoms with E-state index in [1.165, 1.54) is 22.3 Å². The molecular weight excluding hydrogens is 556 g/mol. The lowest BCUT2D eigenvalue weighted by molar-refractivity contribution is 0.0525. The second-order valence-electron chi connectivity index (χ2n) is 12.8. The van der Waals surface area contributed by atoms with E-state index >= 15 is 0 Å². The number of carbonyl (C=O) groups is 1. The Labute approximate surface area is 265 Å². The van der Waals surface area contributed by atoms with Crippen molar-refractivity contribution in [2.24, 2.45) is 0 Å². The number of allylic oxidation sites excluding steroid dienone is 3. The van der Waals surface area contributed by atoms with Crippen LogP contribution in [0.4, 0.5) is 0 Å². The predicted octanol–water partition coefficient (Wildman–Crippen LogP) is 9.20. The normalized spacial score (nSPS) is 16.4. The topological polar surface area (TPSA) is 83.7 Å². The van der Waals surface area contributed by atoms with Gasteiger partial charge in [-0.3, -0.25) is 4.98 Å². The smallest absolute Gasteiger partial charge is 0.342 e. The molecule has 1 atom stereocenters. The lowest BCUT2D eigenvalue weighted by atomic mass is 9.75. The van der Waals surface area contributed by atoms with Crippen molar-refractivity contribution >= 4 is 44.8 Å². The van der Waals surface area contributed by atoms with Crippen molar-refractivity contribution in [3.05, 3.63) is 111 Å². The van der Waals surface area contributed by atoms with Crippen molar-refractivity contribution in [2.45, 2.75) is 74.1 Å². The first kappa shape index (κ1) is 30.3. The number of aryl methyl sites for hydroxylation is 5. The Kier molecular flexibility index (Phi) is 7.43. The van der Waals surface area contributed by atoms with E-state index < -0.39 is 11.4 Å². The van der Waals surface area contributed by atoms with E-state index in [1.807, 2.05) is 13.8 Å². The van der Waals surface area contributed by atoms with E-state index in [0.29, 0.717) is 23.4 Å².